The Bertz CT molecular complexity index is 482. The number of piperidine rings is 1. The van der Waals surface area contributed by atoms with E-state index < -0.39 is 0 Å². The average Bonchev–Trinajstić information content (AvgIpc) is 2.50. The highest BCUT2D eigenvalue weighted by Gasteiger charge is 2.19. The van der Waals surface area contributed by atoms with Gasteiger partial charge in [-0.1, -0.05) is 6.07 Å². The fourth-order valence-electron chi connectivity index (χ4n) is 3.00. The monoisotopic (exact) mass is 290 g/mol. The zero-order valence-corrected chi connectivity index (χ0v) is 13.1. The topological polar surface area (TPSA) is 52.6 Å². The van der Waals surface area contributed by atoms with Crippen LogP contribution in [0.4, 0.5) is 5.69 Å². The minimum atomic E-state index is 0.150. The Morgan fingerprint density at radius 2 is 2.29 bits per heavy atom. The molecule has 1 atom stereocenters. The fourth-order valence-corrected chi connectivity index (χ4v) is 3.00. The number of nitrogens with one attached hydrogen (secondary N) is 1. The van der Waals surface area contributed by atoms with Crippen LogP contribution in [0, 0.1) is 12.8 Å². The van der Waals surface area contributed by atoms with Crippen LogP contribution in [0.1, 0.15) is 38.2 Å². The third kappa shape index (κ3) is 4.21. The summed E-state index contributed by atoms with van der Waals surface area (Å²) in [5.41, 5.74) is 1.84. The van der Waals surface area contributed by atoms with Gasteiger partial charge in [-0.25, -0.2) is 0 Å². The largest absolute Gasteiger partial charge is 0.508 e. The van der Waals surface area contributed by atoms with Crippen molar-refractivity contribution in [1.29, 1.82) is 0 Å². The highest BCUT2D eigenvalue weighted by atomic mass is 16.3. The van der Waals surface area contributed by atoms with E-state index in [1.165, 1.54) is 12.8 Å². The van der Waals surface area contributed by atoms with E-state index in [0.717, 1.165) is 30.8 Å². The first-order valence-corrected chi connectivity index (χ1v) is 7.92. The van der Waals surface area contributed by atoms with Crippen molar-refractivity contribution in [2.45, 2.75) is 39.5 Å². The van der Waals surface area contributed by atoms with E-state index in [4.69, 9.17) is 0 Å². The number of aromatic hydroxyl groups is 1. The predicted molar refractivity (Wildman–Crippen MR) is 85.7 cm³/mol. The van der Waals surface area contributed by atoms with E-state index in [1.807, 2.05) is 19.9 Å². The Hall–Kier alpha value is -1.55. The first-order chi connectivity index (χ1) is 10.1. The second kappa shape index (κ2) is 7.46. The molecule has 0 spiro atoms. The number of phenols is 1. The summed E-state index contributed by atoms with van der Waals surface area (Å²) in [6.07, 6.45) is 3.95. The van der Waals surface area contributed by atoms with Crippen molar-refractivity contribution in [1.82, 2.24) is 5.32 Å². The lowest BCUT2D eigenvalue weighted by Crippen LogP contribution is -2.33. The van der Waals surface area contributed by atoms with Gasteiger partial charge in [0.05, 0.1) is 5.69 Å². The number of amides is 1. The van der Waals surface area contributed by atoms with E-state index >= 15 is 0 Å². The van der Waals surface area contributed by atoms with Gasteiger partial charge in [0, 0.05) is 19.0 Å². The van der Waals surface area contributed by atoms with Crippen LogP contribution in [-0.4, -0.2) is 30.6 Å². The summed E-state index contributed by atoms with van der Waals surface area (Å²) < 4.78 is 0. The van der Waals surface area contributed by atoms with Crippen LogP contribution >= 0.6 is 0 Å². The summed E-state index contributed by atoms with van der Waals surface area (Å²) in [4.78, 5) is 14.3. The number of hydrogen-bond acceptors (Lipinski definition) is 3. The fraction of sp³-hybridized carbons (Fsp3) is 0.588. The molecular formula is C17H26N2O2. The molecule has 21 heavy (non-hydrogen) atoms. The lowest BCUT2D eigenvalue weighted by Gasteiger charge is -2.26. The molecule has 4 heteroatoms. The van der Waals surface area contributed by atoms with E-state index in [1.54, 1.807) is 17.0 Å². The number of anilines is 1. The third-order valence-electron chi connectivity index (χ3n) is 4.27. The number of benzene rings is 1. The predicted octanol–water partition coefficient (Wildman–Crippen LogP) is 2.83. The third-order valence-corrected chi connectivity index (χ3v) is 4.27. The molecule has 1 heterocycles. The van der Waals surface area contributed by atoms with E-state index in [-0.39, 0.29) is 11.7 Å². The quantitative estimate of drug-likeness (QED) is 0.876. The minimum absolute atomic E-state index is 0.150. The zero-order valence-electron chi connectivity index (χ0n) is 13.1. The Balaban J connectivity index is 1.99. The highest BCUT2D eigenvalue weighted by Crippen LogP contribution is 2.26. The van der Waals surface area contributed by atoms with Gasteiger partial charge in [-0.15, -0.1) is 0 Å². The molecule has 2 N–H and O–H groups in total. The van der Waals surface area contributed by atoms with Crippen molar-refractivity contribution in [2.24, 2.45) is 5.92 Å². The smallest absolute Gasteiger partial charge is 0.226 e. The van der Waals surface area contributed by atoms with E-state index in [2.05, 4.69) is 5.32 Å². The second-order valence-corrected chi connectivity index (χ2v) is 5.86. The Morgan fingerprint density at radius 3 is 2.95 bits per heavy atom. The van der Waals surface area contributed by atoms with Crippen LogP contribution in [0.3, 0.4) is 0 Å². The number of carbonyl (C=O) groups is 1. The molecular weight excluding hydrogens is 264 g/mol. The van der Waals surface area contributed by atoms with Crippen LogP contribution in [0.2, 0.25) is 0 Å². The second-order valence-electron chi connectivity index (χ2n) is 5.86. The molecule has 1 aliphatic rings. The molecule has 0 aromatic heterocycles. The minimum Gasteiger partial charge on any atom is -0.508 e. The number of carbonyl (C=O) groups excluding carboxylic acids is 1. The number of aryl methyl sites for hydroxylation is 1. The molecule has 0 bridgehead atoms. The van der Waals surface area contributed by atoms with E-state index in [0.29, 0.717) is 18.9 Å². The van der Waals surface area contributed by atoms with Crippen molar-refractivity contribution in [2.75, 3.05) is 24.5 Å². The van der Waals surface area contributed by atoms with Gasteiger partial charge in [0.25, 0.3) is 0 Å². The molecule has 1 aromatic rings. The number of hydrogen-bond donors (Lipinski definition) is 2. The molecule has 0 saturated carbocycles. The molecule has 1 aromatic carbocycles. The number of rotatable bonds is 5. The summed E-state index contributed by atoms with van der Waals surface area (Å²) in [5.74, 6) is 0.974. The molecule has 1 amide bonds. The van der Waals surface area contributed by atoms with Gasteiger partial charge in [0.15, 0.2) is 0 Å². The van der Waals surface area contributed by atoms with Gasteiger partial charge in [0.1, 0.15) is 5.75 Å². The first kappa shape index (κ1) is 15.8. The zero-order chi connectivity index (χ0) is 15.2. The normalized spacial score (nSPS) is 18.5. The van der Waals surface area contributed by atoms with Crippen LogP contribution in [0.15, 0.2) is 18.2 Å². The Labute approximate surface area is 127 Å². The highest BCUT2D eigenvalue weighted by molar-refractivity contribution is 5.94. The lowest BCUT2D eigenvalue weighted by molar-refractivity contribution is -0.118. The summed E-state index contributed by atoms with van der Waals surface area (Å²) >= 11 is 0. The molecule has 1 fully saturated rings. The Morgan fingerprint density at radius 1 is 1.48 bits per heavy atom. The van der Waals surface area contributed by atoms with Gasteiger partial charge in [-0.2, -0.15) is 0 Å². The van der Waals surface area contributed by atoms with Crippen LogP contribution in [0.5, 0.6) is 5.75 Å². The van der Waals surface area contributed by atoms with Gasteiger partial charge in [-0.3, -0.25) is 4.79 Å². The van der Waals surface area contributed by atoms with Gasteiger partial charge in [-0.05, 0) is 63.7 Å². The molecule has 2 rings (SSSR count). The van der Waals surface area contributed by atoms with Gasteiger partial charge < -0.3 is 15.3 Å². The molecule has 1 aliphatic heterocycles. The molecule has 1 unspecified atom stereocenters. The summed E-state index contributed by atoms with van der Waals surface area (Å²) in [5, 5.41) is 13.0. The van der Waals surface area contributed by atoms with Crippen molar-refractivity contribution < 1.29 is 9.90 Å². The molecule has 4 nitrogen and oxygen atoms in total. The first-order valence-electron chi connectivity index (χ1n) is 7.92. The van der Waals surface area contributed by atoms with Crippen molar-refractivity contribution >= 4 is 11.6 Å². The maximum Gasteiger partial charge on any atom is 0.226 e. The number of phenolic OH excluding ortho intramolecular Hbond substituents is 1. The molecule has 1 saturated heterocycles. The Kier molecular flexibility index (Phi) is 5.62. The van der Waals surface area contributed by atoms with Crippen molar-refractivity contribution in [3.05, 3.63) is 23.8 Å². The molecule has 116 valence electrons. The van der Waals surface area contributed by atoms with Crippen LogP contribution in [-0.2, 0) is 4.79 Å². The lowest BCUT2D eigenvalue weighted by atomic mass is 9.94. The van der Waals surface area contributed by atoms with Crippen molar-refractivity contribution in [3.63, 3.8) is 0 Å². The van der Waals surface area contributed by atoms with Crippen LogP contribution < -0.4 is 10.2 Å². The van der Waals surface area contributed by atoms with Gasteiger partial charge in [0.2, 0.25) is 5.91 Å². The maximum atomic E-state index is 12.5. The van der Waals surface area contributed by atoms with Crippen molar-refractivity contribution in [3.8, 4) is 5.75 Å². The molecule has 0 radical (unpaired) electrons. The SMILES string of the molecule is CCN(C(=O)CCC1CCCNC1)c1cc(O)ccc1C. The van der Waals surface area contributed by atoms with E-state index in [9.17, 15) is 9.90 Å². The van der Waals surface area contributed by atoms with Crippen LogP contribution in [0.25, 0.3) is 0 Å². The maximum absolute atomic E-state index is 12.5. The standard InChI is InChI=1S/C17H26N2O2/c1-3-19(16-11-15(20)8-6-13(16)2)17(21)9-7-14-5-4-10-18-12-14/h6,8,11,14,18,20H,3-5,7,9-10,12H2,1-2H3. The summed E-state index contributed by atoms with van der Waals surface area (Å²) in [7, 11) is 0. The molecule has 0 aliphatic carbocycles. The van der Waals surface area contributed by atoms with Gasteiger partial charge >= 0.3 is 0 Å². The summed E-state index contributed by atoms with van der Waals surface area (Å²) in [6.45, 7) is 6.71. The average molecular weight is 290 g/mol. The summed E-state index contributed by atoms with van der Waals surface area (Å²) in [6, 6.07) is 5.19. The number of nitrogens with zero attached hydrogens (tertiary/aromatic N) is 1.